The van der Waals surface area contributed by atoms with E-state index in [1.807, 2.05) is 251 Å². The molecule has 0 atom stereocenters. The van der Waals surface area contributed by atoms with Crippen LogP contribution in [0.2, 0.25) is 10.0 Å². The second kappa shape index (κ2) is 21.6. The number of rotatable bonds is 6. The predicted molar refractivity (Wildman–Crippen MR) is 371 cm³/mol. The first-order valence-corrected chi connectivity index (χ1v) is 29.5. The fourth-order valence-corrected chi connectivity index (χ4v) is 13.0. The zero-order chi connectivity index (χ0) is 65.9. The van der Waals surface area contributed by atoms with Crippen LogP contribution < -0.4 is 0 Å². The van der Waals surface area contributed by atoms with Gasteiger partial charge < -0.3 is 9.13 Å². The molecular formula is C82H58Cl2N2. The van der Waals surface area contributed by atoms with Crippen LogP contribution in [0.15, 0.2) is 297 Å². The monoisotopic (exact) mass is 1150 g/mol. The van der Waals surface area contributed by atoms with E-state index < -0.39 is 35.6 Å². The number of halogens is 2. The van der Waals surface area contributed by atoms with Crippen LogP contribution in [-0.4, -0.2) is 9.13 Å². The smallest absolute Gasteiger partial charge is 0.0667 e. The van der Waals surface area contributed by atoms with Gasteiger partial charge in [-0.3, -0.25) is 0 Å². The minimum atomic E-state index is -1.09. The molecule has 15 rings (SSSR count). The molecule has 0 spiro atoms. The van der Waals surface area contributed by atoms with E-state index in [0.29, 0.717) is 43.7 Å². The molecule has 0 saturated heterocycles. The Bertz CT molecular complexity index is 5560. The minimum Gasteiger partial charge on any atom is -0.308 e. The molecule has 0 aliphatic heterocycles. The van der Waals surface area contributed by atoms with Gasteiger partial charge in [0.1, 0.15) is 0 Å². The molecule has 2 heterocycles. The molecule has 0 fully saturated rings. The molecule has 0 bridgehead atoms. The van der Waals surface area contributed by atoms with Crippen LogP contribution in [0.25, 0.3) is 143 Å². The standard InChI is InChI=1S/C82H58Cl2N2/c1-82(2,3)59-50-60(85-76-46-22-44-74(83)78(76)70-38-16-14-34-66(70)64-32-10-12-36-68(64)72-42-20-40-62(80(72)85)57-30-18-28-55(48-57)53-24-6-4-7-25-53)52-61(51-59)86-77-47-23-45-75(84)79(77)71-39-17-15-35-67(71)65-33-11-13-37-69(65)73-43-21-41-63(81(73)86)58-31-19-29-56(49-58)54-26-8-5-9-27-54/h4-52H,1-3H3/i22D,23D,44D,45D,46D,47D,50D,51D,52D. The Morgan fingerprint density at radius 1 is 0.314 bits per heavy atom. The maximum Gasteiger partial charge on any atom is 0.0667 e. The fraction of sp³-hybridized carbons (Fsp3) is 0.0488. The van der Waals surface area contributed by atoms with E-state index in [1.165, 1.54) is 0 Å². The van der Waals surface area contributed by atoms with E-state index in [2.05, 4.69) is 12.1 Å². The first kappa shape index (κ1) is 43.7. The highest BCUT2D eigenvalue weighted by molar-refractivity contribution is 6.39. The summed E-state index contributed by atoms with van der Waals surface area (Å²) in [6.07, 6.45) is 0. The van der Waals surface area contributed by atoms with Gasteiger partial charge in [0.25, 0.3) is 0 Å². The molecule has 2 aromatic heterocycles. The van der Waals surface area contributed by atoms with E-state index in [4.69, 9.17) is 23.2 Å². The molecule has 86 heavy (non-hydrogen) atoms. The topological polar surface area (TPSA) is 9.86 Å². The number of para-hydroxylation sites is 2. The quantitative estimate of drug-likeness (QED) is 0.157. The third-order valence-electron chi connectivity index (χ3n) is 16.5. The van der Waals surface area contributed by atoms with Gasteiger partial charge in [-0.25, -0.2) is 0 Å². The Morgan fingerprint density at radius 2 is 0.628 bits per heavy atom. The number of aromatic nitrogens is 2. The zero-order valence-electron chi connectivity index (χ0n) is 56.2. The van der Waals surface area contributed by atoms with E-state index in [1.54, 1.807) is 9.13 Å². The molecule has 0 aliphatic rings. The van der Waals surface area contributed by atoms with E-state index >= 15 is 0 Å². The second-order valence-electron chi connectivity index (χ2n) is 22.7. The van der Waals surface area contributed by atoms with Crippen molar-refractivity contribution in [3.63, 3.8) is 0 Å². The zero-order valence-corrected chi connectivity index (χ0v) is 48.8. The number of hydrogen-bond donors (Lipinski definition) is 0. The maximum absolute atomic E-state index is 11.7. The molecular weight excluding hydrogens is 1080 g/mol. The van der Waals surface area contributed by atoms with Gasteiger partial charge in [-0.15, -0.1) is 0 Å². The fourth-order valence-electron chi connectivity index (χ4n) is 12.5. The lowest BCUT2D eigenvalue weighted by Crippen LogP contribution is -2.14. The van der Waals surface area contributed by atoms with Crippen molar-refractivity contribution < 1.29 is 12.3 Å². The van der Waals surface area contributed by atoms with Crippen LogP contribution in [0.5, 0.6) is 0 Å². The summed E-state index contributed by atoms with van der Waals surface area (Å²) in [5.74, 6) is 0. The maximum atomic E-state index is 11.7. The Hall–Kier alpha value is -9.96. The van der Waals surface area contributed by atoms with Crippen molar-refractivity contribution in [1.29, 1.82) is 0 Å². The summed E-state index contributed by atoms with van der Waals surface area (Å²) >= 11 is 15.4. The Morgan fingerprint density at radius 3 is 1.02 bits per heavy atom. The lowest BCUT2D eigenvalue weighted by molar-refractivity contribution is 0.589. The van der Waals surface area contributed by atoms with Gasteiger partial charge >= 0.3 is 0 Å². The first-order valence-electron chi connectivity index (χ1n) is 33.2. The minimum absolute atomic E-state index is 0.0118. The molecule has 0 N–H and O–H groups in total. The third-order valence-corrected chi connectivity index (χ3v) is 17.0. The number of benzene rings is 13. The molecule has 4 heteroatoms. The Kier molecular flexibility index (Phi) is 11.0. The Balaban J connectivity index is 1.30. The van der Waals surface area contributed by atoms with Crippen molar-refractivity contribution in [2.75, 3.05) is 0 Å². The van der Waals surface area contributed by atoms with Crippen LogP contribution in [0.3, 0.4) is 0 Å². The second-order valence-corrected chi connectivity index (χ2v) is 23.4. The molecule has 0 unspecified atom stereocenters. The summed E-state index contributed by atoms with van der Waals surface area (Å²) in [5.41, 5.74) is 6.17. The van der Waals surface area contributed by atoms with Gasteiger partial charge in [-0.05, 0) is 142 Å². The van der Waals surface area contributed by atoms with Crippen molar-refractivity contribution in [3.05, 3.63) is 313 Å². The third kappa shape index (κ3) is 9.13. The lowest BCUT2D eigenvalue weighted by Gasteiger charge is -2.25. The summed E-state index contributed by atoms with van der Waals surface area (Å²) in [6.45, 7) is 5.75. The Labute approximate surface area is 523 Å². The molecule has 0 saturated carbocycles. The van der Waals surface area contributed by atoms with Crippen molar-refractivity contribution in [2.45, 2.75) is 26.2 Å². The van der Waals surface area contributed by atoms with Gasteiger partial charge in [-0.1, -0.05) is 287 Å². The summed E-state index contributed by atoms with van der Waals surface area (Å²) in [5, 5.41) is 7.03. The molecule has 2 nitrogen and oxygen atoms in total. The molecule has 13 aromatic carbocycles. The number of hydrogen-bond acceptors (Lipinski definition) is 0. The SMILES string of the molecule is [2H]c1c(-n2c3c(-c4cccc(-c5ccccc5)c4)cccc3c3ccccc3c3ccccc3c3c(Cl)c([2H])c([2H])c([2H])c32)c([2H])c(C(C)(C)C)c([2H])c1-n1c2c(-c3cccc(-c4ccccc4)c3)cccc2c2ccccc2c2ccccc2c2c(Cl)c([2H])c([2H])c([2H])c21. The molecule has 410 valence electrons. The average Bonchev–Trinajstić information content (AvgIpc) is 1.70. The van der Waals surface area contributed by atoms with Crippen molar-refractivity contribution in [2.24, 2.45) is 0 Å². The van der Waals surface area contributed by atoms with Gasteiger partial charge in [0.2, 0.25) is 0 Å². The molecule has 0 amide bonds. The lowest BCUT2D eigenvalue weighted by atomic mass is 9.86. The summed E-state index contributed by atoms with van der Waals surface area (Å²) in [7, 11) is 0. The highest BCUT2D eigenvalue weighted by Gasteiger charge is 2.24. The normalized spacial score (nSPS) is 13.2. The van der Waals surface area contributed by atoms with Crippen molar-refractivity contribution in [1.82, 2.24) is 9.13 Å². The van der Waals surface area contributed by atoms with Gasteiger partial charge in [0.15, 0.2) is 0 Å². The largest absolute Gasteiger partial charge is 0.308 e. The number of nitrogens with zero attached hydrogens (tertiary/aromatic N) is 2. The summed E-state index contributed by atoms with van der Waals surface area (Å²) in [6, 6.07) is 76.0. The van der Waals surface area contributed by atoms with Crippen molar-refractivity contribution in [3.8, 4) is 55.9 Å². The average molecular weight is 1150 g/mol. The van der Waals surface area contributed by atoms with Crippen LogP contribution in [-0.2, 0) is 5.41 Å². The summed E-state index contributed by atoms with van der Waals surface area (Å²) < 4.78 is 97.4. The van der Waals surface area contributed by atoms with E-state index in [0.717, 1.165) is 65.7 Å². The van der Waals surface area contributed by atoms with E-state index in [9.17, 15) is 12.3 Å². The van der Waals surface area contributed by atoms with Gasteiger partial charge in [-0.2, -0.15) is 0 Å². The van der Waals surface area contributed by atoms with Gasteiger partial charge in [0, 0.05) is 44.0 Å². The highest BCUT2D eigenvalue weighted by Crippen LogP contribution is 2.45. The molecule has 0 aliphatic carbocycles. The van der Waals surface area contributed by atoms with Crippen LogP contribution in [0.1, 0.15) is 38.7 Å². The molecule has 15 aromatic rings. The first-order chi connectivity index (χ1) is 45.9. The predicted octanol–water partition coefficient (Wildman–Crippen LogP) is 24.0. The van der Waals surface area contributed by atoms with Crippen LogP contribution >= 0.6 is 23.2 Å². The summed E-state index contributed by atoms with van der Waals surface area (Å²) in [4.78, 5) is 0. The number of fused-ring (bicyclic) bond motifs is 14. The molecule has 0 radical (unpaired) electrons. The van der Waals surface area contributed by atoms with Gasteiger partial charge in [0.05, 0.1) is 44.4 Å². The van der Waals surface area contributed by atoms with Crippen molar-refractivity contribution >= 4 is 110 Å². The van der Waals surface area contributed by atoms with Crippen LogP contribution in [0, 0.1) is 0 Å². The van der Waals surface area contributed by atoms with Crippen LogP contribution in [0.4, 0.5) is 0 Å². The van der Waals surface area contributed by atoms with E-state index in [-0.39, 0.29) is 73.0 Å². The highest BCUT2D eigenvalue weighted by atomic mass is 35.5.